The first-order valence-electron chi connectivity index (χ1n) is 8.98. The van der Waals surface area contributed by atoms with Crippen LogP contribution in [0.4, 0.5) is 0 Å². The van der Waals surface area contributed by atoms with Gasteiger partial charge in [0.2, 0.25) is 0 Å². The van der Waals surface area contributed by atoms with Crippen molar-refractivity contribution < 1.29 is 23.8 Å². The van der Waals surface area contributed by atoms with Crippen molar-refractivity contribution in [3.63, 3.8) is 0 Å². The van der Waals surface area contributed by atoms with Crippen molar-refractivity contribution in [1.29, 1.82) is 0 Å². The molecular formula is C20H17BrN2O5S. The van der Waals surface area contributed by atoms with E-state index >= 15 is 0 Å². The molecule has 1 aliphatic rings. The maximum Gasteiger partial charge on any atom is 0.326 e. The monoisotopic (exact) mass is 476 g/mol. The van der Waals surface area contributed by atoms with Crippen molar-refractivity contribution in [2.75, 3.05) is 19.8 Å². The molecule has 150 valence electrons. The topological polar surface area (TPSA) is 79.1 Å². The zero-order chi connectivity index (χ0) is 20.4. The van der Waals surface area contributed by atoms with Gasteiger partial charge in [-0.15, -0.1) is 0 Å². The fourth-order valence-electron chi connectivity index (χ4n) is 2.95. The number of halogens is 1. The molecule has 0 aliphatic carbocycles. The van der Waals surface area contributed by atoms with E-state index in [0.29, 0.717) is 35.1 Å². The summed E-state index contributed by atoms with van der Waals surface area (Å²) in [4.78, 5) is 29.6. The number of carbonyl (C=O) groups excluding carboxylic acids is 2. The second kappa shape index (κ2) is 8.38. The Morgan fingerprint density at radius 1 is 1.21 bits per heavy atom. The molecule has 0 radical (unpaired) electrons. The molecule has 0 bridgehead atoms. The quantitative estimate of drug-likeness (QED) is 0.538. The smallest absolute Gasteiger partial charge is 0.326 e. The van der Waals surface area contributed by atoms with Crippen LogP contribution in [0.5, 0.6) is 11.5 Å². The van der Waals surface area contributed by atoms with E-state index in [9.17, 15) is 9.59 Å². The van der Waals surface area contributed by atoms with Gasteiger partial charge in [-0.05, 0) is 25.1 Å². The second-order valence-electron chi connectivity index (χ2n) is 6.17. The van der Waals surface area contributed by atoms with Crippen molar-refractivity contribution >= 4 is 49.4 Å². The van der Waals surface area contributed by atoms with E-state index in [2.05, 4.69) is 20.9 Å². The van der Waals surface area contributed by atoms with Gasteiger partial charge >= 0.3 is 5.97 Å². The number of carbonyl (C=O) groups is 2. The highest BCUT2D eigenvalue weighted by molar-refractivity contribution is 9.10. The lowest BCUT2D eigenvalue weighted by atomic mass is 10.2. The molecule has 1 aliphatic heterocycles. The molecule has 0 fully saturated rings. The van der Waals surface area contributed by atoms with Gasteiger partial charge in [0.05, 0.1) is 16.8 Å². The Bertz CT molecular complexity index is 1170. The van der Waals surface area contributed by atoms with Gasteiger partial charge in [-0.1, -0.05) is 33.3 Å². The summed E-state index contributed by atoms with van der Waals surface area (Å²) < 4.78 is 19.7. The number of rotatable bonds is 4. The van der Waals surface area contributed by atoms with Gasteiger partial charge in [0.1, 0.15) is 19.8 Å². The number of ether oxygens (including phenoxy) is 3. The number of benzene rings is 2. The molecule has 0 saturated heterocycles. The average molecular weight is 477 g/mol. The van der Waals surface area contributed by atoms with Crippen LogP contribution in [0.3, 0.4) is 0 Å². The number of fused-ring (bicyclic) bond motifs is 2. The first kappa shape index (κ1) is 19.7. The summed E-state index contributed by atoms with van der Waals surface area (Å²) in [6.45, 7) is 2.90. The maximum atomic E-state index is 12.7. The molecule has 0 atom stereocenters. The van der Waals surface area contributed by atoms with E-state index in [0.717, 1.165) is 14.7 Å². The number of hydrogen-bond donors (Lipinski definition) is 0. The van der Waals surface area contributed by atoms with E-state index < -0.39 is 11.9 Å². The lowest BCUT2D eigenvalue weighted by molar-refractivity contribution is -0.143. The number of aromatic nitrogens is 1. The molecule has 9 heteroatoms. The fourth-order valence-corrected chi connectivity index (χ4v) is 4.39. The van der Waals surface area contributed by atoms with Gasteiger partial charge in [0.25, 0.3) is 5.91 Å². The van der Waals surface area contributed by atoms with Crippen molar-refractivity contribution in [1.82, 2.24) is 4.57 Å². The molecule has 0 N–H and O–H groups in total. The van der Waals surface area contributed by atoms with E-state index in [-0.39, 0.29) is 13.2 Å². The van der Waals surface area contributed by atoms with Crippen LogP contribution in [0, 0.1) is 0 Å². The van der Waals surface area contributed by atoms with Crippen LogP contribution in [0.1, 0.15) is 17.3 Å². The number of amides is 1. The highest BCUT2D eigenvalue weighted by Gasteiger charge is 2.18. The first-order valence-corrected chi connectivity index (χ1v) is 10.6. The van der Waals surface area contributed by atoms with Crippen molar-refractivity contribution in [3.8, 4) is 11.5 Å². The summed E-state index contributed by atoms with van der Waals surface area (Å²) in [5.41, 5.74) is 1.18. The lowest BCUT2D eigenvalue weighted by Crippen LogP contribution is -2.23. The highest BCUT2D eigenvalue weighted by Crippen LogP contribution is 2.35. The zero-order valence-corrected chi connectivity index (χ0v) is 17.9. The van der Waals surface area contributed by atoms with Crippen molar-refractivity contribution in [3.05, 3.63) is 51.2 Å². The minimum atomic E-state index is -0.404. The zero-order valence-electron chi connectivity index (χ0n) is 15.5. The van der Waals surface area contributed by atoms with Gasteiger partial charge in [-0.3, -0.25) is 9.59 Å². The Kier molecular flexibility index (Phi) is 5.68. The summed E-state index contributed by atoms with van der Waals surface area (Å²) in [6, 6.07) is 10.7. The Labute approximate surface area is 178 Å². The average Bonchev–Trinajstić information content (AvgIpc) is 3.02. The van der Waals surface area contributed by atoms with Crippen LogP contribution in [-0.2, 0) is 16.1 Å². The van der Waals surface area contributed by atoms with Crippen molar-refractivity contribution in [2.24, 2.45) is 4.99 Å². The maximum absolute atomic E-state index is 12.7. The fraction of sp³-hybridized carbons (Fsp3) is 0.250. The molecule has 2 heterocycles. The molecule has 7 nitrogen and oxygen atoms in total. The van der Waals surface area contributed by atoms with E-state index in [1.807, 2.05) is 18.2 Å². The Morgan fingerprint density at radius 2 is 1.97 bits per heavy atom. The first-order chi connectivity index (χ1) is 14.0. The van der Waals surface area contributed by atoms with Gasteiger partial charge in [0, 0.05) is 22.2 Å². The molecule has 0 spiro atoms. The number of thiazole rings is 1. The predicted molar refractivity (Wildman–Crippen MR) is 111 cm³/mol. The molecule has 29 heavy (non-hydrogen) atoms. The summed E-state index contributed by atoms with van der Waals surface area (Å²) >= 11 is 4.67. The normalized spacial score (nSPS) is 13.5. The van der Waals surface area contributed by atoms with E-state index in [4.69, 9.17) is 14.2 Å². The molecule has 2 aromatic carbocycles. The third-order valence-electron chi connectivity index (χ3n) is 4.21. The van der Waals surface area contributed by atoms with Crippen LogP contribution in [0.25, 0.3) is 10.2 Å². The lowest BCUT2D eigenvalue weighted by Gasteiger charge is -2.18. The van der Waals surface area contributed by atoms with E-state index in [1.54, 1.807) is 29.7 Å². The number of esters is 1. The molecule has 3 aromatic rings. The Morgan fingerprint density at radius 3 is 2.69 bits per heavy atom. The number of nitrogens with zero attached hydrogens (tertiary/aromatic N) is 2. The predicted octanol–water partition coefficient (Wildman–Crippen LogP) is 3.54. The molecule has 4 rings (SSSR count). The highest BCUT2D eigenvalue weighted by atomic mass is 79.9. The Balaban J connectivity index is 1.84. The number of hydrogen-bond acceptors (Lipinski definition) is 6. The minimum absolute atomic E-state index is 0.0575. The van der Waals surface area contributed by atoms with Crippen LogP contribution in [0.15, 0.2) is 45.9 Å². The molecular weight excluding hydrogens is 460 g/mol. The van der Waals surface area contributed by atoms with Crippen LogP contribution < -0.4 is 14.3 Å². The Hall–Kier alpha value is -2.65. The molecule has 0 unspecified atom stereocenters. The standard InChI is InChI=1S/C20H17BrN2O5S/c1-2-26-18(24)11-23-14-9-15-16(28-7-6-27-15)10-17(14)29-20(23)22-19(25)12-4-3-5-13(21)8-12/h3-5,8-10H,2,6-7,11H2,1H3. The summed E-state index contributed by atoms with van der Waals surface area (Å²) in [5.74, 6) is 0.438. The van der Waals surface area contributed by atoms with Gasteiger partial charge in [0.15, 0.2) is 16.3 Å². The van der Waals surface area contributed by atoms with Crippen LogP contribution in [0.2, 0.25) is 0 Å². The van der Waals surface area contributed by atoms with Gasteiger partial charge in [-0.2, -0.15) is 4.99 Å². The van der Waals surface area contributed by atoms with Crippen molar-refractivity contribution in [2.45, 2.75) is 13.5 Å². The molecule has 1 aromatic heterocycles. The van der Waals surface area contributed by atoms with E-state index in [1.165, 1.54) is 11.3 Å². The third-order valence-corrected chi connectivity index (χ3v) is 5.74. The third kappa shape index (κ3) is 4.20. The second-order valence-corrected chi connectivity index (χ2v) is 8.09. The van der Waals surface area contributed by atoms with Gasteiger partial charge < -0.3 is 18.8 Å². The molecule has 1 amide bonds. The summed E-state index contributed by atoms with van der Waals surface area (Å²) in [6.07, 6.45) is 0. The van der Waals surface area contributed by atoms with Crippen LogP contribution in [-0.4, -0.2) is 36.3 Å². The minimum Gasteiger partial charge on any atom is -0.486 e. The van der Waals surface area contributed by atoms with Crippen LogP contribution >= 0.6 is 27.3 Å². The molecule has 0 saturated carbocycles. The largest absolute Gasteiger partial charge is 0.486 e. The summed E-state index contributed by atoms with van der Waals surface area (Å²) in [5, 5.41) is 0. The SMILES string of the molecule is CCOC(=O)Cn1c(=NC(=O)c2cccc(Br)c2)sc2cc3c(cc21)OCCO3. The van der Waals surface area contributed by atoms with Gasteiger partial charge in [-0.25, -0.2) is 0 Å². The summed E-state index contributed by atoms with van der Waals surface area (Å²) in [7, 11) is 0.